The van der Waals surface area contributed by atoms with Crippen LogP contribution in [-0.2, 0) is 14.3 Å². The molecule has 1 unspecified atom stereocenters. The molecular weight excluding hydrogens is 460 g/mol. The number of aliphatic hydroxyl groups is 1. The van der Waals surface area contributed by atoms with Crippen LogP contribution in [0.1, 0.15) is 37.4 Å². The second-order valence-electron chi connectivity index (χ2n) is 8.76. The smallest absolute Gasteiger partial charge is 0.295 e. The van der Waals surface area contributed by atoms with Crippen molar-refractivity contribution < 1.29 is 28.9 Å². The summed E-state index contributed by atoms with van der Waals surface area (Å²) in [5.41, 5.74) is 1.30. The lowest BCUT2D eigenvalue weighted by Crippen LogP contribution is -2.38. The Morgan fingerprint density at radius 3 is 2.08 bits per heavy atom. The van der Waals surface area contributed by atoms with E-state index in [1.165, 1.54) is 0 Å². The highest BCUT2D eigenvalue weighted by Crippen LogP contribution is 2.40. The number of amides is 1. The Kier molecular flexibility index (Phi) is 8.61. The molecule has 2 heterocycles. The van der Waals surface area contributed by atoms with E-state index in [1.807, 2.05) is 38.1 Å². The molecule has 2 fully saturated rings. The first-order valence-electron chi connectivity index (χ1n) is 12.6. The molecule has 8 heteroatoms. The van der Waals surface area contributed by atoms with E-state index in [0.29, 0.717) is 56.5 Å². The van der Waals surface area contributed by atoms with E-state index in [2.05, 4.69) is 4.90 Å². The van der Waals surface area contributed by atoms with Gasteiger partial charge in [0.2, 0.25) is 0 Å². The van der Waals surface area contributed by atoms with Crippen LogP contribution in [0.15, 0.2) is 54.1 Å². The Bertz CT molecular complexity index is 1070. The van der Waals surface area contributed by atoms with Gasteiger partial charge >= 0.3 is 0 Å². The summed E-state index contributed by atoms with van der Waals surface area (Å²) in [6.45, 7) is 9.21. The van der Waals surface area contributed by atoms with Gasteiger partial charge in [0.15, 0.2) is 0 Å². The van der Waals surface area contributed by atoms with Crippen molar-refractivity contribution in [1.29, 1.82) is 0 Å². The minimum Gasteiger partial charge on any atom is -0.507 e. The van der Waals surface area contributed by atoms with Crippen LogP contribution < -0.4 is 9.47 Å². The van der Waals surface area contributed by atoms with Crippen LogP contribution in [0.4, 0.5) is 0 Å². The van der Waals surface area contributed by atoms with Crippen LogP contribution in [0.3, 0.4) is 0 Å². The molecule has 0 aromatic heterocycles. The maximum atomic E-state index is 13.2. The van der Waals surface area contributed by atoms with Gasteiger partial charge in [-0.05, 0) is 62.2 Å². The van der Waals surface area contributed by atoms with Gasteiger partial charge in [-0.3, -0.25) is 14.5 Å². The number of carbonyl (C=O) groups excluding carboxylic acids is 2. The van der Waals surface area contributed by atoms with Crippen molar-refractivity contribution in [2.45, 2.75) is 26.3 Å². The van der Waals surface area contributed by atoms with E-state index in [4.69, 9.17) is 14.2 Å². The molecule has 0 spiro atoms. The fourth-order valence-corrected chi connectivity index (χ4v) is 4.69. The van der Waals surface area contributed by atoms with Gasteiger partial charge in [0.1, 0.15) is 17.3 Å². The largest absolute Gasteiger partial charge is 0.507 e. The number of hydrogen-bond acceptors (Lipinski definition) is 7. The van der Waals surface area contributed by atoms with Gasteiger partial charge in [-0.1, -0.05) is 12.1 Å². The SMILES string of the molecule is CCOc1ccc(/C(O)=C2\C(=O)C(=O)N(CCCN3CCOCC3)C2c2ccc(OCC)cc2)cc1. The summed E-state index contributed by atoms with van der Waals surface area (Å²) in [6, 6.07) is 13.5. The molecule has 1 atom stereocenters. The molecule has 4 rings (SSSR count). The Hall–Kier alpha value is -3.36. The summed E-state index contributed by atoms with van der Waals surface area (Å²) in [5.74, 6) is -0.0846. The average Bonchev–Trinajstić information content (AvgIpc) is 3.15. The number of nitrogens with zero attached hydrogens (tertiary/aromatic N) is 2. The lowest BCUT2D eigenvalue weighted by atomic mass is 9.95. The van der Waals surface area contributed by atoms with Gasteiger partial charge < -0.3 is 24.2 Å². The summed E-state index contributed by atoms with van der Waals surface area (Å²) in [5, 5.41) is 11.2. The minimum atomic E-state index is -0.683. The average molecular weight is 495 g/mol. The topological polar surface area (TPSA) is 88.5 Å². The zero-order valence-corrected chi connectivity index (χ0v) is 20.9. The van der Waals surface area contributed by atoms with Crippen LogP contribution in [0.25, 0.3) is 5.76 Å². The monoisotopic (exact) mass is 494 g/mol. The van der Waals surface area contributed by atoms with E-state index in [9.17, 15) is 14.7 Å². The number of Topliss-reactive ketones (excluding diaryl/α,β-unsaturated/α-hetero) is 1. The lowest BCUT2D eigenvalue weighted by molar-refractivity contribution is -0.140. The third-order valence-corrected chi connectivity index (χ3v) is 6.46. The number of aliphatic hydroxyl groups excluding tert-OH is 1. The van der Waals surface area contributed by atoms with Crippen molar-refractivity contribution in [2.75, 3.05) is 52.6 Å². The molecule has 1 N–H and O–H groups in total. The number of hydrogen-bond donors (Lipinski definition) is 1. The second kappa shape index (κ2) is 12.1. The van der Waals surface area contributed by atoms with Crippen LogP contribution in [0.5, 0.6) is 11.5 Å². The zero-order valence-electron chi connectivity index (χ0n) is 20.9. The van der Waals surface area contributed by atoms with Crippen LogP contribution in [0.2, 0.25) is 0 Å². The van der Waals surface area contributed by atoms with Gasteiger partial charge in [-0.2, -0.15) is 0 Å². The molecule has 2 saturated heterocycles. The van der Waals surface area contributed by atoms with Gasteiger partial charge in [0.05, 0.1) is 38.0 Å². The summed E-state index contributed by atoms with van der Waals surface area (Å²) >= 11 is 0. The fourth-order valence-electron chi connectivity index (χ4n) is 4.69. The molecule has 0 radical (unpaired) electrons. The van der Waals surface area contributed by atoms with E-state index in [-0.39, 0.29) is 11.3 Å². The summed E-state index contributed by atoms with van der Waals surface area (Å²) in [4.78, 5) is 30.3. The predicted molar refractivity (Wildman–Crippen MR) is 136 cm³/mol. The molecule has 0 bridgehead atoms. The molecule has 1 amide bonds. The van der Waals surface area contributed by atoms with E-state index in [1.54, 1.807) is 29.2 Å². The molecule has 2 aliphatic heterocycles. The normalized spacial score (nSPS) is 20.1. The van der Waals surface area contributed by atoms with Crippen LogP contribution >= 0.6 is 0 Å². The van der Waals surface area contributed by atoms with E-state index < -0.39 is 17.7 Å². The lowest BCUT2D eigenvalue weighted by Gasteiger charge is -2.29. The summed E-state index contributed by atoms with van der Waals surface area (Å²) < 4.78 is 16.5. The van der Waals surface area contributed by atoms with Gasteiger partial charge in [0, 0.05) is 31.7 Å². The Labute approximate surface area is 212 Å². The van der Waals surface area contributed by atoms with Crippen LogP contribution in [0, 0.1) is 0 Å². The number of rotatable bonds is 10. The van der Waals surface area contributed by atoms with Crippen molar-refractivity contribution in [3.8, 4) is 11.5 Å². The highest BCUT2D eigenvalue weighted by Gasteiger charge is 2.45. The van der Waals surface area contributed by atoms with Crippen LogP contribution in [-0.4, -0.2) is 79.2 Å². The van der Waals surface area contributed by atoms with Gasteiger partial charge in [0.25, 0.3) is 11.7 Å². The highest BCUT2D eigenvalue weighted by molar-refractivity contribution is 6.46. The third-order valence-electron chi connectivity index (χ3n) is 6.46. The Morgan fingerprint density at radius 2 is 1.50 bits per heavy atom. The highest BCUT2D eigenvalue weighted by atomic mass is 16.5. The Morgan fingerprint density at radius 1 is 0.917 bits per heavy atom. The number of ketones is 1. The zero-order chi connectivity index (χ0) is 25.5. The van der Waals surface area contributed by atoms with E-state index in [0.717, 1.165) is 25.2 Å². The number of morpholine rings is 1. The molecule has 36 heavy (non-hydrogen) atoms. The number of carbonyl (C=O) groups is 2. The molecule has 0 saturated carbocycles. The van der Waals surface area contributed by atoms with Gasteiger partial charge in [-0.15, -0.1) is 0 Å². The first-order chi connectivity index (χ1) is 17.5. The van der Waals surface area contributed by atoms with E-state index >= 15 is 0 Å². The van der Waals surface area contributed by atoms with Crippen molar-refractivity contribution >= 4 is 17.4 Å². The number of ether oxygens (including phenoxy) is 3. The predicted octanol–water partition coefficient (Wildman–Crippen LogP) is 3.63. The second-order valence-corrected chi connectivity index (χ2v) is 8.76. The third kappa shape index (κ3) is 5.71. The van der Waals surface area contributed by atoms with Crippen molar-refractivity contribution in [2.24, 2.45) is 0 Å². The fraction of sp³-hybridized carbons (Fsp3) is 0.429. The summed E-state index contributed by atoms with van der Waals surface area (Å²) in [6.07, 6.45) is 0.712. The number of likely N-dealkylation sites (tertiary alicyclic amines) is 1. The van der Waals surface area contributed by atoms with Gasteiger partial charge in [-0.25, -0.2) is 0 Å². The maximum Gasteiger partial charge on any atom is 0.295 e. The standard InChI is InChI=1S/C28H34N2O6/c1-3-35-22-10-6-20(7-11-22)25-24(26(31)21-8-12-23(13-9-21)36-4-2)27(32)28(33)30(25)15-5-14-29-16-18-34-19-17-29/h6-13,25,31H,3-5,14-19H2,1-2H3/b26-24+. The molecule has 192 valence electrons. The first-order valence-corrected chi connectivity index (χ1v) is 12.6. The first kappa shape index (κ1) is 25.7. The Balaban J connectivity index is 1.65. The van der Waals surface area contributed by atoms with Crippen molar-refractivity contribution in [3.63, 3.8) is 0 Å². The molecular formula is C28H34N2O6. The molecule has 2 aromatic rings. The molecule has 2 aliphatic rings. The molecule has 0 aliphatic carbocycles. The molecule has 8 nitrogen and oxygen atoms in total. The quantitative estimate of drug-likeness (QED) is 0.307. The van der Waals surface area contributed by atoms with Crippen molar-refractivity contribution in [1.82, 2.24) is 9.80 Å². The molecule has 2 aromatic carbocycles. The summed E-state index contributed by atoms with van der Waals surface area (Å²) in [7, 11) is 0. The number of benzene rings is 2. The van der Waals surface area contributed by atoms with Crippen molar-refractivity contribution in [3.05, 3.63) is 65.2 Å². The minimum absolute atomic E-state index is 0.0969. The maximum absolute atomic E-state index is 13.2.